The Kier molecular flexibility index (Phi) is 5.45. The maximum absolute atomic E-state index is 11.4. The standard InChI is InChI=1S/C19H23N7O2S/c20-29(27,28)17-7-5-15(6-8-17)24-19-21-12-14-11-16-13-23-22-9-3-1-2-4-10-26(16)18(14)25-19/h5-8,11-13,22H,1-4,9-10H2,(H2,20,27,28)(H,21,24,25)/b23-13-. The Hall–Kier alpha value is -2.98. The van der Waals surface area contributed by atoms with E-state index in [-0.39, 0.29) is 4.90 Å². The number of nitrogens with two attached hydrogens (primary N) is 1. The third-order valence-electron chi connectivity index (χ3n) is 4.81. The van der Waals surface area contributed by atoms with E-state index in [1.54, 1.807) is 18.3 Å². The monoisotopic (exact) mass is 413 g/mol. The van der Waals surface area contributed by atoms with E-state index in [1.165, 1.54) is 18.6 Å². The molecule has 0 unspecified atom stereocenters. The summed E-state index contributed by atoms with van der Waals surface area (Å²) in [6, 6.07) is 8.18. The average Bonchev–Trinajstić information content (AvgIpc) is 3.00. The number of hydrazone groups is 1. The van der Waals surface area contributed by atoms with Gasteiger partial charge < -0.3 is 15.3 Å². The largest absolute Gasteiger partial charge is 0.324 e. The minimum Gasteiger partial charge on any atom is -0.324 e. The fourth-order valence-corrected chi connectivity index (χ4v) is 3.84. The molecule has 1 aromatic carbocycles. The Bertz CT molecular complexity index is 1140. The zero-order valence-electron chi connectivity index (χ0n) is 15.9. The second-order valence-electron chi connectivity index (χ2n) is 6.97. The van der Waals surface area contributed by atoms with Gasteiger partial charge in [0.2, 0.25) is 16.0 Å². The van der Waals surface area contributed by atoms with Gasteiger partial charge in [0.15, 0.2) is 0 Å². The molecule has 0 fully saturated rings. The first kappa shape index (κ1) is 19.3. The number of aromatic nitrogens is 3. The highest BCUT2D eigenvalue weighted by Crippen LogP contribution is 2.22. The van der Waals surface area contributed by atoms with E-state index in [0.717, 1.165) is 49.1 Å². The zero-order valence-corrected chi connectivity index (χ0v) is 16.7. The van der Waals surface area contributed by atoms with Crippen LogP contribution < -0.4 is 15.9 Å². The van der Waals surface area contributed by atoms with Gasteiger partial charge in [-0.25, -0.2) is 18.5 Å². The summed E-state index contributed by atoms with van der Waals surface area (Å²) >= 11 is 0. The Labute approximate surface area is 169 Å². The molecular formula is C19H23N7O2S. The number of hydrogen-bond acceptors (Lipinski definition) is 7. The molecule has 2 aromatic heterocycles. The summed E-state index contributed by atoms with van der Waals surface area (Å²) in [5.41, 5.74) is 5.58. The smallest absolute Gasteiger partial charge is 0.238 e. The lowest BCUT2D eigenvalue weighted by atomic mass is 10.2. The maximum atomic E-state index is 11.4. The third kappa shape index (κ3) is 4.54. The summed E-state index contributed by atoms with van der Waals surface area (Å²) < 4.78 is 24.9. The molecule has 29 heavy (non-hydrogen) atoms. The fraction of sp³-hybridized carbons (Fsp3) is 0.316. The highest BCUT2D eigenvalue weighted by atomic mass is 32.2. The van der Waals surface area contributed by atoms with Crippen LogP contribution in [0.5, 0.6) is 0 Å². The van der Waals surface area contributed by atoms with Crippen molar-refractivity contribution in [1.29, 1.82) is 0 Å². The number of rotatable bonds is 3. The topological polar surface area (TPSA) is 127 Å². The van der Waals surface area contributed by atoms with E-state index < -0.39 is 10.0 Å². The summed E-state index contributed by atoms with van der Waals surface area (Å²) in [5.74, 6) is 0.436. The van der Waals surface area contributed by atoms with Gasteiger partial charge in [-0.15, -0.1) is 0 Å². The van der Waals surface area contributed by atoms with Gasteiger partial charge in [0.1, 0.15) is 5.65 Å². The van der Waals surface area contributed by atoms with Crippen LogP contribution in [0, 0.1) is 0 Å². The molecule has 0 spiro atoms. The average molecular weight is 414 g/mol. The number of sulfonamides is 1. The predicted molar refractivity (Wildman–Crippen MR) is 113 cm³/mol. The highest BCUT2D eigenvalue weighted by Gasteiger charge is 2.12. The summed E-state index contributed by atoms with van der Waals surface area (Å²) in [6.45, 7) is 1.75. The van der Waals surface area contributed by atoms with Crippen LogP contribution in [0.25, 0.3) is 11.0 Å². The molecule has 0 amide bonds. The third-order valence-corrected chi connectivity index (χ3v) is 5.74. The lowest BCUT2D eigenvalue weighted by Crippen LogP contribution is -2.11. The molecule has 4 rings (SSSR count). The van der Waals surface area contributed by atoms with Crippen molar-refractivity contribution in [2.24, 2.45) is 10.2 Å². The van der Waals surface area contributed by atoms with Crippen LogP contribution in [0.2, 0.25) is 0 Å². The van der Waals surface area contributed by atoms with Crippen LogP contribution in [0.15, 0.2) is 46.5 Å². The van der Waals surface area contributed by atoms with E-state index in [1.807, 2.05) is 12.3 Å². The number of hydrogen-bond donors (Lipinski definition) is 3. The van der Waals surface area contributed by atoms with Gasteiger partial charge in [0.05, 0.1) is 16.8 Å². The van der Waals surface area contributed by atoms with Gasteiger partial charge in [-0.05, 0) is 43.2 Å². The molecule has 1 aliphatic heterocycles. The van der Waals surface area contributed by atoms with Crippen LogP contribution in [-0.4, -0.2) is 35.7 Å². The first-order valence-electron chi connectivity index (χ1n) is 9.53. The molecule has 0 radical (unpaired) electrons. The molecule has 0 bridgehead atoms. The van der Waals surface area contributed by atoms with Gasteiger partial charge in [-0.2, -0.15) is 10.1 Å². The van der Waals surface area contributed by atoms with Gasteiger partial charge in [-0.1, -0.05) is 12.8 Å². The number of benzene rings is 1. The number of nitrogens with zero attached hydrogens (tertiary/aromatic N) is 4. The molecule has 10 heteroatoms. The lowest BCUT2D eigenvalue weighted by molar-refractivity contribution is 0.567. The van der Waals surface area contributed by atoms with Gasteiger partial charge >= 0.3 is 0 Å². The number of anilines is 2. The molecule has 3 aromatic rings. The van der Waals surface area contributed by atoms with Crippen LogP contribution in [0.4, 0.5) is 11.6 Å². The maximum Gasteiger partial charge on any atom is 0.238 e. The molecule has 0 atom stereocenters. The number of nitrogens with one attached hydrogen (secondary N) is 2. The first-order chi connectivity index (χ1) is 14.0. The number of aryl methyl sites for hydroxylation is 1. The Balaban J connectivity index is 1.63. The molecular weight excluding hydrogens is 390 g/mol. The van der Waals surface area contributed by atoms with Crippen molar-refractivity contribution in [2.45, 2.75) is 37.1 Å². The van der Waals surface area contributed by atoms with E-state index in [9.17, 15) is 8.42 Å². The van der Waals surface area contributed by atoms with E-state index >= 15 is 0 Å². The number of fused-ring (bicyclic) bond motifs is 3. The van der Waals surface area contributed by atoms with Gasteiger partial charge in [-0.3, -0.25) is 0 Å². The van der Waals surface area contributed by atoms with E-state index in [2.05, 4.69) is 30.4 Å². The van der Waals surface area contributed by atoms with Crippen molar-refractivity contribution < 1.29 is 8.42 Å². The first-order valence-corrected chi connectivity index (χ1v) is 11.1. The molecule has 152 valence electrons. The van der Waals surface area contributed by atoms with E-state index in [4.69, 9.17) is 5.14 Å². The quantitative estimate of drug-likeness (QED) is 0.605. The summed E-state index contributed by atoms with van der Waals surface area (Å²) in [5, 5.41) is 13.5. The van der Waals surface area contributed by atoms with Crippen LogP contribution in [0.1, 0.15) is 31.4 Å². The predicted octanol–water partition coefficient (Wildman–Crippen LogP) is 2.32. The second kappa shape index (κ2) is 8.18. The summed E-state index contributed by atoms with van der Waals surface area (Å²) in [4.78, 5) is 9.12. The molecule has 3 heterocycles. The molecule has 0 saturated carbocycles. The van der Waals surface area contributed by atoms with Crippen molar-refractivity contribution in [2.75, 3.05) is 11.9 Å². The minimum absolute atomic E-state index is 0.0585. The van der Waals surface area contributed by atoms with Crippen molar-refractivity contribution in [3.05, 3.63) is 42.2 Å². The Morgan fingerprint density at radius 3 is 2.69 bits per heavy atom. The van der Waals surface area contributed by atoms with E-state index in [0.29, 0.717) is 11.6 Å². The van der Waals surface area contributed by atoms with Crippen molar-refractivity contribution >= 4 is 38.9 Å². The SMILES string of the molecule is NS(=O)(=O)c1ccc(Nc2ncc3cc4n(c3n2)CCCCCCN/N=C\4)cc1. The van der Waals surface area contributed by atoms with Crippen LogP contribution >= 0.6 is 0 Å². The lowest BCUT2D eigenvalue weighted by Gasteiger charge is -2.09. The zero-order chi connectivity index (χ0) is 20.3. The number of primary sulfonamides is 1. The Morgan fingerprint density at radius 2 is 1.90 bits per heavy atom. The van der Waals surface area contributed by atoms with Crippen molar-refractivity contribution in [1.82, 2.24) is 20.0 Å². The molecule has 0 saturated heterocycles. The normalized spacial score (nSPS) is 16.4. The summed E-state index contributed by atoms with van der Waals surface area (Å²) in [7, 11) is -3.72. The van der Waals surface area contributed by atoms with Crippen LogP contribution in [0.3, 0.4) is 0 Å². The molecule has 1 aliphatic rings. The Morgan fingerprint density at radius 1 is 1.10 bits per heavy atom. The second-order valence-corrected chi connectivity index (χ2v) is 8.53. The summed E-state index contributed by atoms with van der Waals surface area (Å²) in [6.07, 6.45) is 8.13. The molecule has 4 N–H and O–H groups in total. The van der Waals surface area contributed by atoms with Crippen molar-refractivity contribution in [3.8, 4) is 0 Å². The van der Waals surface area contributed by atoms with Gasteiger partial charge in [0, 0.05) is 30.4 Å². The minimum atomic E-state index is -3.72. The molecule has 0 aliphatic carbocycles. The van der Waals surface area contributed by atoms with Gasteiger partial charge in [0.25, 0.3) is 0 Å². The fourth-order valence-electron chi connectivity index (χ4n) is 3.32. The molecule has 9 nitrogen and oxygen atoms in total. The highest BCUT2D eigenvalue weighted by molar-refractivity contribution is 7.89. The van der Waals surface area contributed by atoms with Crippen molar-refractivity contribution in [3.63, 3.8) is 0 Å². The van der Waals surface area contributed by atoms with Crippen LogP contribution in [-0.2, 0) is 16.6 Å².